The second-order valence-electron chi connectivity index (χ2n) is 10.4. The van der Waals surface area contributed by atoms with Crippen molar-refractivity contribution >= 4 is 28.7 Å². The maximum atomic E-state index is 4.83. The van der Waals surface area contributed by atoms with Gasteiger partial charge in [0.05, 0.1) is 5.52 Å². The number of anilines is 2. The van der Waals surface area contributed by atoms with Crippen molar-refractivity contribution in [3.05, 3.63) is 65.7 Å². The number of rotatable bonds is 12. The van der Waals surface area contributed by atoms with E-state index in [1.807, 2.05) is 26.2 Å². The summed E-state index contributed by atoms with van der Waals surface area (Å²) in [7, 11) is 4.09. The third kappa shape index (κ3) is 7.54. The molecule has 0 spiro atoms. The van der Waals surface area contributed by atoms with E-state index >= 15 is 0 Å². The van der Waals surface area contributed by atoms with Gasteiger partial charge in [-0.2, -0.15) is 4.98 Å². The van der Waals surface area contributed by atoms with E-state index in [0.29, 0.717) is 6.04 Å². The first kappa shape index (κ1) is 26.2. The Morgan fingerprint density at radius 2 is 1.69 bits per heavy atom. The Bertz CT molecular complexity index is 1100. The average molecular weight is 486 g/mol. The van der Waals surface area contributed by atoms with Gasteiger partial charge in [-0.15, -0.1) is 0 Å². The molecule has 1 aliphatic carbocycles. The van der Waals surface area contributed by atoms with Crippen LogP contribution >= 0.6 is 0 Å². The zero-order valence-electron chi connectivity index (χ0n) is 22.3. The minimum absolute atomic E-state index is 0.444. The Kier molecular flexibility index (Phi) is 9.74. The first-order valence-electron chi connectivity index (χ1n) is 13.8. The van der Waals surface area contributed by atoms with E-state index in [9.17, 15) is 0 Å². The summed E-state index contributed by atoms with van der Waals surface area (Å²) < 4.78 is 0. The lowest BCUT2D eigenvalue weighted by atomic mass is 9.86. The number of aromatic nitrogens is 2. The van der Waals surface area contributed by atoms with Gasteiger partial charge < -0.3 is 15.5 Å². The summed E-state index contributed by atoms with van der Waals surface area (Å²) >= 11 is 0. The highest BCUT2D eigenvalue weighted by Crippen LogP contribution is 2.28. The molecule has 0 saturated heterocycles. The lowest BCUT2D eigenvalue weighted by Gasteiger charge is -2.29. The van der Waals surface area contributed by atoms with E-state index in [4.69, 9.17) is 9.97 Å². The summed E-state index contributed by atoms with van der Waals surface area (Å²) in [5.41, 5.74) is 3.83. The van der Waals surface area contributed by atoms with E-state index in [2.05, 4.69) is 71.0 Å². The van der Waals surface area contributed by atoms with Crippen molar-refractivity contribution in [2.24, 2.45) is 5.92 Å². The molecular weight excluding hydrogens is 442 g/mol. The maximum Gasteiger partial charge on any atom is 0.225 e. The van der Waals surface area contributed by atoms with Crippen molar-refractivity contribution in [1.29, 1.82) is 0 Å². The minimum Gasteiger partial charge on any atom is -0.362 e. The number of para-hydroxylation sites is 1. The van der Waals surface area contributed by atoms with Crippen LogP contribution in [0.2, 0.25) is 0 Å². The lowest BCUT2D eigenvalue weighted by Crippen LogP contribution is -2.32. The first-order chi connectivity index (χ1) is 17.6. The minimum atomic E-state index is 0.444. The molecule has 5 nitrogen and oxygen atoms in total. The Morgan fingerprint density at radius 1 is 0.944 bits per heavy atom. The van der Waals surface area contributed by atoms with Crippen LogP contribution in [0.4, 0.5) is 11.8 Å². The third-order valence-electron chi connectivity index (χ3n) is 7.24. The molecule has 36 heavy (non-hydrogen) atoms. The predicted octanol–water partition coefficient (Wildman–Crippen LogP) is 6.92. The lowest BCUT2D eigenvalue weighted by molar-refractivity contribution is 0.327. The summed E-state index contributed by atoms with van der Waals surface area (Å²) in [5.74, 6) is 2.47. The van der Waals surface area contributed by atoms with Gasteiger partial charge in [0.25, 0.3) is 0 Å². The summed E-state index contributed by atoms with van der Waals surface area (Å²) in [5, 5.41) is 8.52. The van der Waals surface area contributed by atoms with Crippen LogP contribution in [0.15, 0.2) is 60.2 Å². The summed E-state index contributed by atoms with van der Waals surface area (Å²) in [6, 6.07) is 19.4. The fourth-order valence-electron chi connectivity index (χ4n) is 5.19. The molecule has 4 rings (SSSR count). The van der Waals surface area contributed by atoms with Crippen molar-refractivity contribution in [2.75, 3.05) is 37.4 Å². The van der Waals surface area contributed by atoms with Gasteiger partial charge in [-0.05, 0) is 68.7 Å². The third-order valence-corrected chi connectivity index (χ3v) is 7.24. The van der Waals surface area contributed by atoms with Gasteiger partial charge in [-0.25, -0.2) is 4.98 Å². The van der Waals surface area contributed by atoms with E-state index < -0.39 is 0 Å². The molecule has 192 valence electrons. The Morgan fingerprint density at radius 3 is 2.44 bits per heavy atom. The van der Waals surface area contributed by atoms with Crippen molar-refractivity contribution in [3.8, 4) is 0 Å². The molecule has 0 unspecified atom stereocenters. The van der Waals surface area contributed by atoms with E-state index in [0.717, 1.165) is 41.7 Å². The van der Waals surface area contributed by atoms with Crippen LogP contribution in [-0.4, -0.2) is 43.2 Å². The van der Waals surface area contributed by atoms with Crippen molar-refractivity contribution < 1.29 is 0 Å². The number of fused-ring (bicyclic) bond motifs is 1. The Balaban J connectivity index is 1.27. The van der Waals surface area contributed by atoms with Crippen LogP contribution in [0, 0.1) is 5.92 Å². The zero-order valence-corrected chi connectivity index (χ0v) is 22.3. The number of unbranched alkanes of at least 4 members (excludes halogenated alkanes) is 2. The van der Waals surface area contributed by atoms with Crippen molar-refractivity contribution in [3.63, 3.8) is 0 Å². The number of hydrogen-bond acceptors (Lipinski definition) is 5. The first-order valence-corrected chi connectivity index (χ1v) is 13.8. The molecule has 1 aliphatic rings. The van der Waals surface area contributed by atoms with E-state index in [1.165, 1.54) is 62.5 Å². The maximum absolute atomic E-state index is 4.83. The largest absolute Gasteiger partial charge is 0.362 e. The number of nitrogens with one attached hydrogen (secondary N) is 2. The van der Waals surface area contributed by atoms with Crippen molar-refractivity contribution in [1.82, 2.24) is 15.3 Å². The molecule has 3 aromatic rings. The average Bonchev–Trinajstić information content (AvgIpc) is 2.90. The smallest absolute Gasteiger partial charge is 0.225 e. The standard InChI is InChI=1S/C31H43N5/c1-4-5-7-14-26(21-24-12-8-6-9-13-24)23-32-22-25-17-19-27(20-18-25)33-31-34-29-16-11-10-15-28(29)30(35-31)36(2)3/h6,8-13,15-16,21,25,27,32H,4-5,7,14,17-20,22-23H2,1-3H3,(H,33,34,35). The van der Waals surface area contributed by atoms with Crippen molar-refractivity contribution in [2.45, 2.75) is 64.3 Å². The topological polar surface area (TPSA) is 53.1 Å². The second kappa shape index (κ2) is 13.4. The summed E-state index contributed by atoms with van der Waals surface area (Å²) in [4.78, 5) is 11.7. The van der Waals surface area contributed by atoms with Crippen LogP contribution in [0.3, 0.4) is 0 Å². The quantitative estimate of drug-likeness (QED) is 0.273. The number of benzene rings is 2. The van der Waals surface area contributed by atoms with E-state index in [1.54, 1.807) is 0 Å². The molecule has 2 aromatic carbocycles. The van der Waals surface area contributed by atoms with Crippen LogP contribution in [0.1, 0.15) is 63.9 Å². The fourth-order valence-corrected chi connectivity index (χ4v) is 5.19. The van der Waals surface area contributed by atoms with E-state index in [-0.39, 0.29) is 0 Å². The van der Waals surface area contributed by atoms with Gasteiger partial charge in [-0.3, -0.25) is 0 Å². The molecule has 0 atom stereocenters. The highest BCUT2D eigenvalue weighted by molar-refractivity contribution is 5.90. The van der Waals surface area contributed by atoms with Crippen LogP contribution in [0.5, 0.6) is 0 Å². The van der Waals surface area contributed by atoms with Gasteiger partial charge in [0.15, 0.2) is 0 Å². The summed E-state index contributed by atoms with van der Waals surface area (Å²) in [6.07, 6.45) is 12.2. The molecule has 5 heteroatoms. The fraction of sp³-hybridized carbons (Fsp3) is 0.484. The second-order valence-corrected chi connectivity index (χ2v) is 10.4. The molecule has 0 radical (unpaired) electrons. The van der Waals surface area contributed by atoms with Gasteiger partial charge in [0.2, 0.25) is 5.95 Å². The molecule has 1 fully saturated rings. The molecule has 1 aromatic heterocycles. The molecule has 1 heterocycles. The van der Waals surface area contributed by atoms with Gasteiger partial charge in [-0.1, -0.05) is 73.9 Å². The number of nitrogens with zero attached hydrogens (tertiary/aromatic N) is 3. The molecular formula is C31H43N5. The SMILES string of the molecule is CCCCCC(=Cc1ccccc1)CNCC1CCC(Nc2nc(N(C)C)c3ccccc3n2)CC1. The highest BCUT2D eigenvalue weighted by Gasteiger charge is 2.22. The predicted molar refractivity (Wildman–Crippen MR) is 155 cm³/mol. The molecule has 0 bridgehead atoms. The Hall–Kier alpha value is -2.92. The van der Waals surface area contributed by atoms with Crippen LogP contribution in [-0.2, 0) is 0 Å². The number of hydrogen-bond donors (Lipinski definition) is 2. The molecule has 0 amide bonds. The highest BCUT2D eigenvalue weighted by atomic mass is 15.2. The normalized spacial score (nSPS) is 18.4. The Labute approximate surface area is 217 Å². The molecule has 1 saturated carbocycles. The van der Waals surface area contributed by atoms with Gasteiger partial charge >= 0.3 is 0 Å². The van der Waals surface area contributed by atoms with Gasteiger partial charge in [0, 0.05) is 32.1 Å². The van der Waals surface area contributed by atoms with Crippen LogP contribution in [0.25, 0.3) is 17.0 Å². The molecule has 2 N–H and O–H groups in total. The molecule has 0 aliphatic heterocycles. The zero-order chi connectivity index (χ0) is 25.2. The monoisotopic (exact) mass is 485 g/mol. The summed E-state index contributed by atoms with van der Waals surface area (Å²) in [6.45, 7) is 4.37. The van der Waals surface area contributed by atoms with Gasteiger partial charge in [0.1, 0.15) is 5.82 Å². The van der Waals surface area contributed by atoms with Crippen LogP contribution < -0.4 is 15.5 Å².